The van der Waals surface area contributed by atoms with E-state index < -0.39 is 17.7 Å². The molecule has 0 unspecified atom stereocenters. The van der Waals surface area contributed by atoms with Crippen molar-refractivity contribution in [3.05, 3.63) is 74.2 Å². The average molecular weight is 415 g/mol. The summed E-state index contributed by atoms with van der Waals surface area (Å²) in [6.07, 6.45) is 1.58. The topological polar surface area (TPSA) is 100.0 Å². The number of fused-ring (bicyclic) bond motifs is 1. The van der Waals surface area contributed by atoms with E-state index in [1.165, 1.54) is 18.2 Å². The molecule has 1 heterocycles. The minimum Gasteiger partial charge on any atom is -0.343 e. The van der Waals surface area contributed by atoms with Gasteiger partial charge in [-0.25, -0.2) is 10.4 Å². The standard InChI is InChI=1S/C19H12Cl2N4O3/c20-14-6-5-12(8-15(14)21)18(27)22-10-17(26)25-23-9-13-7-11-3-1-2-4-16(11)24-19(13)28/h1-8H,10H2,(H,22,27)(H,25,26). The fraction of sp³-hybridized carbons (Fsp3) is 0.0526. The van der Waals surface area contributed by atoms with Gasteiger partial charge in [-0.05, 0) is 30.3 Å². The summed E-state index contributed by atoms with van der Waals surface area (Å²) in [5.74, 6) is 0.839. The van der Waals surface area contributed by atoms with Crippen molar-refractivity contribution < 1.29 is 14.4 Å². The van der Waals surface area contributed by atoms with Crippen molar-refractivity contribution in [2.75, 3.05) is 6.54 Å². The number of hydrogen-bond donors (Lipinski definition) is 2. The first-order valence-corrected chi connectivity index (χ1v) is 8.74. The molecule has 140 valence electrons. The van der Waals surface area contributed by atoms with Gasteiger partial charge < -0.3 is 5.32 Å². The highest BCUT2D eigenvalue weighted by Crippen LogP contribution is 2.22. The normalized spacial score (nSPS) is 12.1. The molecule has 2 N–H and O–H groups in total. The van der Waals surface area contributed by atoms with E-state index >= 15 is 0 Å². The van der Waals surface area contributed by atoms with Crippen LogP contribution in [0.15, 0.2) is 58.1 Å². The Morgan fingerprint density at radius 1 is 1.11 bits per heavy atom. The lowest BCUT2D eigenvalue weighted by Gasteiger charge is -2.05. The lowest BCUT2D eigenvalue weighted by atomic mass is 10.1. The van der Waals surface area contributed by atoms with E-state index in [4.69, 9.17) is 23.2 Å². The second-order valence-electron chi connectivity index (χ2n) is 5.60. The summed E-state index contributed by atoms with van der Waals surface area (Å²) in [5, 5.41) is 7.89. The van der Waals surface area contributed by atoms with Crippen LogP contribution >= 0.6 is 23.2 Å². The van der Waals surface area contributed by atoms with Crippen LogP contribution in [-0.4, -0.2) is 30.1 Å². The third-order valence-electron chi connectivity index (χ3n) is 3.64. The highest BCUT2D eigenvalue weighted by atomic mass is 35.5. The number of amides is 3. The van der Waals surface area contributed by atoms with Crippen molar-refractivity contribution in [3.63, 3.8) is 0 Å². The molecule has 3 rings (SSSR count). The van der Waals surface area contributed by atoms with Gasteiger partial charge in [0.25, 0.3) is 17.7 Å². The fourth-order valence-electron chi connectivity index (χ4n) is 2.27. The van der Waals surface area contributed by atoms with Crippen LogP contribution < -0.4 is 21.3 Å². The monoisotopic (exact) mass is 414 g/mol. The lowest BCUT2D eigenvalue weighted by molar-refractivity contribution is -0.120. The number of para-hydroxylation sites is 1. The van der Waals surface area contributed by atoms with Crippen LogP contribution in [0.5, 0.6) is 0 Å². The first-order valence-electron chi connectivity index (χ1n) is 7.98. The summed E-state index contributed by atoms with van der Waals surface area (Å²) >= 11 is 11.6. The summed E-state index contributed by atoms with van der Waals surface area (Å²) in [5.41, 5.74) is 2.55. The fourth-order valence-corrected chi connectivity index (χ4v) is 2.57. The van der Waals surface area contributed by atoms with Crippen LogP contribution in [0.4, 0.5) is 0 Å². The number of carbonyl (C=O) groups is 3. The number of nitrogens with zero attached hydrogens (tertiary/aromatic N) is 2. The van der Waals surface area contributed by atoms with Crippen LogP contribution in [-0.2, 0) is 9.59 Å². The zero-order valence-electron chi connectivity index (χ0n) is 14.2. The number of carbonyl (C=O) groups excluding carboxylic acids is 3. The van der Waals surface area contributed by atoms with Crippen molar-refractivity contribution in [2.24, 2.45) is 10.1 Å². The number of halogens is 2. The molecule has 0 aromatic heterocycles. The van der Waals surface area contributed by atoms with Gasteiger partial charge in [-0.15, -0.1) is 5.10 Å². The van der Waals surface area contributed by atoms with Gasteiger partial charge in [-0.3, -0.25) is 14.4 Å². The summed E-state index contributed by atoms with van der Waals surface area (Å²) in [4.78, 5) is 39.6. The van der Waals surface area contributed by atoms with Gasteiger partial charge in [0.2, 0.25) is 0 Å². The van der Waals surface area contributed by atoms with Gasteiger partial charge in [0.05, 0.1) is 21.9 Å². The van der Waals surface area contributed by atoms with Crippen molar-refractivity contribution in [2.45, 2.75) is 0 Å². The molecule has 1 aliphatic heterocycles. The summed E-state index contributed by atoms with van der Waals surface area (Å²) < 4.78 is 0. The van der Waals surface area contributed by atoms with Gasteiger partial charge in [-0.1, -0.05) is 41.4 Å². The van der Waals surface area contributed by atoms with Gasteiger partial charge in [0, 0.05) is 16.7 Å². The van der Waals surface area contributed by atoms with E-state index in [-0.39, 0.29) is 22.7 Å². The predicted octanol–water partition coefficient (Wildman–Crippen LogP) is 0.991. The second kappa shape index (κ2) is 8.63. The molecule has 7 nitrogen and oxygen atoms in total. The van der Waals surface area contributed by atoms with Crippen LogP contribution in [0.2, 0.25) is 10.0 Å². The van der Waals surface area contributed by atoms with Crippen molar-refractivity contribution in [3.8, 4) is 0 Å². The van der Waals surface area contributed by atoms with Gasteiger partial charge >= 0.3 is 0 Å². The number of nitrogens with one attached hydrogen (secondary N) is 2. The van der Waals surface area contributed by atoms with Crippen molar-refractivity contribution >= 4 is 52.9 Å². The number of hydrogen-bond acceptors (Lipinski definition) is 4. The predicted molar refractivity (Wildman–Crippen MR) is 105 cm³/mol. The minimum absolute atomic E-state index is 0.110. The second-order valence-corrected chi connectivity index (χ2v) is 6.42. The summed E-state index contributed by atoms with van der Waals surface area (Å²) in [7, 11) is 0. The van der Waals surface area contributed by atoms with E-state index in [1.807, 2.05) is 6.07 Å². The Balaban J connectivity index is 1.60. The molecular formula is C19H12Cl2N4O3. The molecule has 9 heteroatoms. The quantitative estimate of drug-likeness (QED) is 0.443. The number of hydrazone groups is 1. The van der Waals surface area contributed by atoms with E-state index in [1.54, 1.807) is 24.3 Å². The van der Waals surface area contributed by atoms with Gasteiger partial charge in [-0.2, -0.15) is 0 Å². The Morgan fingerprint density at radius 3 is 2.68 bits per heavy atom. The van der Waals surface area contributed by atoms with Gasteiger partial charge in [0.15, 0.2) is 0 Å². The molecule has 0 saturated carbocycles. The molecular weight excluding hydrogens is 403 g/mol. The SMILES string of the molecule is O=C(CNC(=O)c1ccc(Cl)c(Cl)c1)NN=C=C1C=c2ccccc2=NC1=O. The number of benzene rings is 2. The maximum Gasteiger partial charge on any atom is 0.287 e. The molecule has 0 fully saturated rings. The molecule has 0 radical (unpaired) electrons. The Bertz CT molecular complexity index is 1170. The molecule has 2 aromatic carbocycles. The van der Waals surface area contributed by atoms with Crippen LogP contribution in [0.3, 0.4) is 0 Å². The Morgan fingerprint density at radius 2 is 1.89 bits per heavy atom. The Labute approximate surface area is 169 Å². The maximum atomic E-state index is 12.0. The first-order chi connectivity index (χ1) is 13.4. The summed E-state index contributed by atoms with van der Waals surface area (Å²) in [6.45, 7) is -0.329. The molecule has 0 aliphatic carbocycles. The molecule has 0 bridgehead atoms. The van der Waals surface area contributed by atoms with E-state index in [9.17, 15) is 14.4 Å². The first kappa shape index (κ1) is 19.5. The smallest absolute Gasteiger partial charge is 0.287 e. The third kappa shape index (κ3) is 4.72. The number of rotatable bonds is 4. The summed E-state index contributed by atoms with van der Waals surface area (Å²) in [6, 6.07) is 11.5. The van der Waals surface area contributed by atoms with Gasteiger partial charge in [0.1, 0.15) is 5.57 Å². The van der Waals surface area contributed by atoms with Crippen molar-refractivity contribution in [1.82, 2.24) is 10.7 Å². The van der Waals surface area contributed by atoms with E-state index in [0.717, 1.165) is 5.22 Å². The highest BCUT2D eigenvalue weighted by molar-refractivity contribution is 6.42. The van der Waals surface area contributed by atoms with Crippen LogP contribution in [0.25, 0.3) is 6.08 Å². The molecule has 1 aliphatic rings. The zero-order valence-corrected chi connectivity index (χ0v) is 15.7. The lowest BCUT2D eigenvalue weighted by Crippen LogP contribution is -2.34. The molecule has 0 saturated heterocycles. The molecule has 2 aromatic rings. The zero-order chi connectivity index (χ0) is 20.1. The van der Waals surface area contributed by atoms with Crippen LogP contribution in [0, 0.1) is 0 Å². The molecule has 28 heavy (non-hydrogen) atoms. The highest BCUT2D eigenvalue weighted by Gasteiger charge is 2.11. The molecule has 0 atom stereocenters. The maximum absolute atomic E-state index is 12.0. The minimum atomic E-state index is -0.595. The Hall–Kier alpha value is -3.25. The largest absolute Gasteiger partial charge is 0.343 e. The van der Waals surface area contributed by atoms with E-state index in [0.29, 0.717) is 10.4 Å². The van der Waals surface area contributed by atoms with Crippen LogP contribution in [0.1, 0.15) is 10.4 Å². The van der Waals surface area contributed by atoms with Crippen molar-refractivity contribution in [1.29, 1.82) is 0 Å². The molecule has 3 amide bonds. The Kier molecular flexibility index (Phi) is 6.01. The van der Waals surface area contributed by atoms with E-state index in [2.05, 4.69) is 26.7 Å². The molecule has 0 spiro atoms. The average Bonchev–Trinajstić information content (AvgIpc) is 2.68. The third-order valence-corrected chi connectivity index (χ3v) is 4.38.